The maximum Gasteiger partial charge on any atom is 0.196 e. The van der Waals surface area contributed by atoms with Crippen LogP contribution >= 0.6 is 15.9 Å². The highest BCUT2D eigenvalue weighted by molar-refractivity contribution is 9.10. The number of alkyl halides is 1. The van der Waals surface area contributed by atoms with Gasteiger partial charge in [0.15, 0.2) is 12.0 Å². The van der Waals surface area contributed by atoms with Crippen molar-refractivity contribution in [3.63, 3.8) is 0 Å². The molecule has 0 fully saturated rings. The van der Waals surface area contributed by atoms with Crippen LogP contribution in [0.2, 0.25) is 0 Å². The van der Waals surface area contributed by atoms with Gasteiger partial charge in [-0.3, -0.25) is 4.79 Å². The molecule has 0 amide bonds. The Bertz CT molecular complexity index is 279. The molecule has 0 spiro atoms. The van der Waals surface area contributed by atoms with E-state index in [2.05, 4.69) is 15.9 Å². The zero-order valence-corrected chi connectivity index (χ0v) is 8.14. The summed E-state index contributed by atoms with van der Waals surface area (Å²) in [5.41, 5.74) is 0.410. The van der Waals surface area contributed by atoms with Gasteiger partial charge in [0.1, 0.15) is 0 Å². The average molecular weight is 231 g/mol. The minimum Gasteiger partial charge on any atom is -0.291 e. The van der Waals surface area contributed by atoms with Gasteiger partial charge in [0, 0.05) is 10.0 Å². The number of hydrogen-bond acceptors (Lipinski definition) is 1. The van der Waals surface area contributed by atoms with Crippen molar-refractivity contribution in [3.8, 4) is 0 Å². The van der Waals surface area contributed by atoms with Crippen LogP contribution in [0.4, 0.5) is 4.39 Å². The van der Waals surface area contributed by atoms with E-state index in [-0.39, 0.29) is 0 Å². The molecule has 64 valence electrons. The van der Waals surface area contributed by atoms with E-state index in [1.165, 1.54) is 6.92 Å². The lowest BCUT2D eigenvalue weighted by atomic mass is 10.1. The number of ketones is 1. The molecule has 0 saturated carbocycles. The topological polar surface area (TPSA) is 17.1 Å². The number of carbonyl (C=O) groups is 1. The predicted octanol–water partition coefficient (Wildman–Crippen LogP) is 2.99. The smallest absolute Gasteiger partial charge is 0.196 e. The summed E-state index contributed by atoms with van der Waals surface area (Å²) in [5, 5.41) is 0. The molecule has 12 heavy (non-hydrogen) atoms. The van der Waals surface area contributed by atoms with Crippen molar-refractivity contribution in [1.29, 1.82) is 0 Å². The van der Waals surface area contributed by atoms with Crippen molar-refractivity contribution in [1.82, 2.24) is 0 Å². The van der Waals surface area contributed by atoms with Crippen molar-refractivity contribution in [2.45, 2.75) is 13.1 Å². The first-order valence-corrected chi connectivity index (χ1v) is 4.34. The fourth-order valence-electron chi connectivity index (χ4n) is 0.844. The molecule has 0 saturated heterocycles. The first-order valence-electron chi connectivity index (χ1n) is 3.55. The second-order valence-electron chi connectivity index (χ2n) is 2.49. The van der Waals surface area contributed by atoms with Gasteiger partial charge in [-0.15, -0.1) is 0 Å². The minimum atomic E-state index is -1.42. The van der Waals surface area contributed by atoms with E-state index >= 15 is 0 Å². The lowest BCUT2D eigenvalue weighted by Gasteiger charge is -2.00. The highest BCUT2D eigenvalue weighted by Gasteiger charge is 2.12. The molecule has 1 nitrogen and oxygen atoms in total. The van der Waals surface area contributed by atoms with Gasteiger partial charge in [0.25, 0.3) is 0 Å². The molecule has 0 aliphatic heterocycles. The SMILES string of the molecule is CC(F)C(=O)c1ccc(Br)cc1. The van der Waals surface area contributed by atoms with Crippen molar-refractivity contribution < 1.29 is 9.18 Å². The molecule has 0 heterocycles. The molecule has 1 atom stereocenters. The molecule has 0 aromatic heterocycles. The molecule has 0 aliphatic rings. The number of halogens is 2. The van der Waals surface area contributed by atoms with Crippen LogP contribution in [0, 0.1) is 0 Å². The quantitative estimate of drug-likeness (QED) is 0.715. The standard InChI is InChI=1S/C9H8BrFO/c1-6(11)9(12)7-2-4-8(10)5-3-7/h2-6H,1H3. The minimum absolute atomic E-state index is 0.410. The van der Waals surface area contributed by atoms with Crippen LogP contribution in [0.3, 0.4) is 0 Å². The van der Waals surface area contributed by atoms with Gasteiger partial charge in [-0.2, -0.15) is 0 Å². The van der Waals surface area contributed by atoms with E-state index in [0.29, 0.717) is 5.56 Å². The Hall–Kier alpha value is -0.700. The van der Waals surface area contributed by atoms with Crippen LogP contribution in [-0.2, 0) is 0 Å². The van der Waals surface area contributed by atoms with Gasteiger partial charge in [0.05, 0.1) is 0 Å². The molecule has 1 aromatic rings. The third-order valence-corrected chi connectivity index (χ3v) is 2.02. The highest BCUT2D eigenvalue weighted by atomic mass is 79.9. The maximum absolute atomic E-state index is 12.5. The summed E-state index contributed by atoms with van der Waals surface area (Å²) in [6.45, 7) is 1.24. The van der Waals surface area contributed by atoms with Crippen LogP contribution in [0.5, 0.6) is 0 Å². The summed E-state index contributed by atoms with van der Waals surface area (Å²) in [4.78, 5) is 11.1. The maximum atomic E-state index is 12.5. The van der Waals surface area contributed by atoms with E-state index in [1.54, 1.807) is 24.3 Å². The third-order valence-electron chi connectivity index (χ3n) is 1.49. The van der Waals surface area contributed by atoms with Crippen LogP contribution < -0.4 is 0 Å². The summed E-state index contributed by atoms with van der Waals surface area (Å²) in [7, 11) is 0. The molecular weight excluding hydrogens is 223 g/mol. The van der Waals surface area contributed by atoms with Crippen LogP contribution in [0.15, 0.2) is 28.7 Å². The first-order chi connectivity index (χ1) is 5.61. The third kappa shape index (κ3) is 2.14. The van der Waals surface area contributed by atoms with Gasteiger partial charge in [-0.1, -0.05) is 28.1 Å². The first kappa shape index (κ1) is 9.39. The summed E-state index contributed by atoms with van der Waals surface area (Å²) in [6.07, 6.45) is -1.42. The van der Waals surface area contributed by atoms with Gasteiger partial charge in [-0.25, -0.2) is 4.39 Å². The molecule has 0 N–H and O–H groups in total. The van der Waals surface area contributed by atoms with E-state index in [4.69, 9.17) is 0 Å². The number of carbonyl (C=O) groups excluding carboxylic acids is 1. The number of hydrogen-bond donors (Lipinski definition) is 0. The van der Waals surface area contributed by atoms with E-state index in [9.17, 15) is 9.18 Å². The fraction of sp³-hybridized carbons (Fsp3) is 0.222. The van der Waals surface area contributed by atoms with E-state index in [1.807, 2.05) is 0 Å². The Labute approximate surface area is 78.7 Å². The molecule has 1 rings (SSSR count). The Morgan fingerprint density at radius 2 is 1.92 bits per heavy atom. The molecule has 1 unspecified atom stereocenters. The second kappa shape index (κ2) is 3.81. The average Bonchev–Trinajstić information content (AvgIpc) is 2.04. The summed E-state index contributed by atoms with van der Waals surface area (Å²) < 4.78 is 13.4. The lowest BCUT2D eigenvalue weighted by Crippen LogP contribution is -2.10. The molecule has 0 radical (unpaired) electrons. The molecular formula is C9H8BrFO. The van der Waals surface area contributed by atoms with Gasteiger partial charge in [-0.05, 0) is 19.1 Å². The molecule has 1 aromatic carbocycles. The Morgan fingerprint density at radius 3 is 2.33 bits per heavy atom. The van der Waals surface area contributed by atoms with Gasteiger partial charge in [0.2, 0.25) is 0 Å². The fourth-order valence-corrected chi connectivity index (χ4v) is 1.11. The number of benzene rings is 1. The lowest BCUT2D eigenvalue weighted by molar-refractivity contribution is 0.0893. The van der Waals surface area contributed by atoms with Crippen molar-refractivity contribution >= 4 is 21.7 Å². The van der Waals surface area contributed by atoms with E-state index < -0.39 is 12.0 Å². The summed E-state index contributed by atoms with van der Waals surface area (Å²) >= 11 is 3.23. The normalized spacial score (nSPS) is 12.6. The van der Waals surface area contributed by atoms with Crippen molar-refractivity contribution in [3.05, 3.63) is 34.3 Å². The largest absolute Gasteiger partial charge is 0.291 e. The van der Waals surface area contributed by atoms with Crippen LogP contribution in [0.25, 0.3) is 0 Å². The van der Waals surface area contributed by atoms with Crippen LogP contribution in [-0.4, -0.2) is 12.0 Å². The summed E-state index contributed by atoms with van der Waals surface area (Å²) in [5.74, 6) is -0.470. The van der Waals surface area contributed by atoms with Gasteiger partial charge >= 0.3 is 0 Å². The summed E-state index contributed by atoms with van der Waals surface area (Å²) in [6, 6.07) is 6.64. The van der Waals surface area contributed by atoms with E-state index in [0.717, 1.165) is 4.47 Å². The second-order valence-corrected chi connectivity index (χ2v) is 3.40. The van der Waals surface area contributed by atoms with Crippen molar-refractivity contribution in [2.75, 3.05) is 0 Å². The molecule has 0 bridgehead atoms. The zero-order chi connectivity index (χ0) is 9.14. The van der Waals surface area contributed by atoms with Gasteiger partial charge < -0.3 is 0 Å². The van der Waals surface area contributed by atoms with Crippen molar-refractivity contribution in [2.24, 2.45) is 0 Å². The molecule has 0 aliphatic carbocycles. The Morgan fingerprint density at radius 1 is 1.42 bits per heavy atom. The predicted molar refractivity (Wildman–Crippen MR) is 49.0 cm³/mol. The Kier molecular flexibility index (Phi) is 2.98. The molecule has 3 heteroatoms. The Balaban J connectivity index is 2.90. The number of Topliss-reactive ketones (excluding diaryl/α,β-unsaturated/α-hetero) is 1. The highest BCUT2D eigenvalue weighted by Crippen LogP contribution is 2.12. The number of rotatable bonds is 2. The zero-order valence-electron chi connectivity index (χ0n) is 6.55. The van der Waals surface area contributed by atoms with Crippen LogP contribution in [0.1, 0.15) is 17.3 Å². The monoisotopic (exact) mass is 230 g/mol.